The second-order valence-corrected chi connectivity index (χ2v) is 5.88. The number of aryl methyl sites for hydroxylation is 1. The normalized spacial score (nSPS) is 19.9. The number of aromatic nitrogens is 2. The minimum Gasteiger partial charge on any atom is -0.351 e. The Hall–Kier alpha value is -2.87. The molecule has 0 unspecified atom stereocenters. The van der Waals surface area contributed by atoms with Gasteiger partial charge in [-0.3, -0.25) is 9.48 Å². The number of hydrogen-bond acceptors (Lipinski definition) is 4. The van der Waals surface area contributed by atoms with E-state index in [2.05, 4.69) is 21.0 Å². The van der Waals surface area contributed by atoms with Crippen LogP contribution in [0.25, 0.3) is 0 Å². The van der Waals surface area contributed by atoms with Crippen LogP contribution in [0.1, 0.15) is 11.5 Å². The molecule has 0 aliphatic carbocycles. The first-order valence-electron chi connectivity index (χ1n) is 7.69. The molecule has 1 aromatic heterocycles. The number of nitrogens with two attached hydrogens (primary N) is 1. The molecule has 5 N–H and O–H groups in total. The second-order valence-electron chi connectivity index (χ2n) is 5.88. The summed E-state index contributed by atoms with van der Waals surface area (Å²) in [4.78, 5) is 23.6. The Morgan fingerprint density at radius 3 is 2.71 bits per heavy atom. The van der Waals surface area contributed by atoms with Crippen molar-refractivity contribution in [3.8, 4) is 0 Å². The zero-order valence-electron chi connectivity index (χ0n) is 13.3. The minimum absolute atomic E-state index is 0.0647. The van der Waals surface area contributed by atoms with Crippen molar-refractivity contribution in [2.24, 2.45) is 18.7 Å². The molecule has 8 heteroatoms. The van der Waals surface area contributed by atoms with Gasteiger partial charge in [0.1, 0.15) is 0 Å². The highest BCUT2D eigenvalue weighted by Crippen LogP contribution is 2.29. The molecule has 3 amide bonds. The fourth-order valence-electron chi connectivity index (χ4n) is 2.99. The zero-order chi connectivity index (χ0) is 17.1. The summed E-state index contributed by atoms with van der Waals surface area (Å²) >= 11 is 0. The third-order valence-corrected chi connectivity index (χ3v) is 4.10. The highest BCUT2D eigenvalue weighted by molar-refractivity contribution is 5.95. The second kappa shape index (κ2) is 6.71. The molecule has 0 spiro atoms. The molecule has 1 aromatic carbocycles. The number of rotatable bonds is 4. The Kier molecular flexibility index (Phi) is 4.48. The molecule has 2 atom stereocenters. The lowest BCUT2D eigenvalue weighted by Gasteiger charge is -2.17. The average Bonchev–Trinajstić information content (AvgIpc) is 3.15. The smallest absolute Gasteiger partial charge is 0.316 e. The first kappa shape index (κ1) is 16.0. The van der Waals surface area contributed by atoms with Crippen LogP contribution >= 0.6 is 0 Å². The maximum Gasteiger partial charge on any atom is 0.316 e. The Morgan fingerprint density at radius 1 is 1.29 bits per heavy atom. The van der Waals surface area contributed by atoms with E-state index in [1.54, 1.807) is 35.1 Å². The van der Waals surface area contributed by atoms with Gasteiger partial charge in [0.2, 0.25) is 5.91 Å². The third-order valence-electron chi connectivity index (χ3n) is 4.10. The first-order chi connectivity index (χ1) is 11.5. The molecule has 1 aliphatic heterocycles. The van der Waals surface area contributed by atoms with Gasteiger partial charge in [0, 0.05) is 43.6 Å². The van der Waals surface area contributed by atoms with Crippen LogP contribution in [0.5, 0.6) is 0 Å². The molecule has 1 fully saturated rings. The average molecular weight is 328 g/mol. The monoisotopic (exact) mass is 328 g/mol. The number of amides is 3. The van der Waals surface area contributed by atoms with Crippen molar-refractivity contribution in [3.05, 3.63) is 42.2 Å². The first-order valence-corrected chi connectivity index (χ1v) is 7.69. The summed E-state index contributed by atoms with van der Waals surface area (Å²) in [5, 5.41) is 12.8. The van der Waals surface area contributed by atoms with Crippen LogP contribution in [-0.4, -0.2) is 34.8 Å². The van der Waals surface area contributed by atoms with Crippen molar-refractivity contribution in [3.63, 3.8) is 0 Å². The van der Waals surface area contributed by atoms with Crippen molar-refractivity contribution in [2.45, 2.75) is 5.92 Å². The number of anilines is 2. The zero-order valence-corrected chi connectivity index (χ0v) is 13.3. The molecule has 0 saturated carbocycles. The van der Waals surface area contributed by atoms with Gasteiger partial charge in [-0.15, -0.1) is 0 Å². The van der Waals surface area contributed by atoms with Gasteiger partial charge in [-0.25, -0.2) is 4.79 Å². The number of carbonyl (C=O) groups excluding carboxylic acids is 2. The number of primary amides is 1. The number of nitrogens with zero attached hydrogens (tertiary/aromatic N) is 2. The van der Waals surface area contributed by atoms with Crippen LogP contribution in [0.15, 0.2) is 36.7 Å². The van der Waals surface area contributed by atoms with Gasteiger partial charge in [-0.2, -0.15) is 5.10 Å². The summed E-state index contributed by atoms with van der Waals surface area (Å²) in [7, 11) is 1.86. The fraction of sp³-hybridized carbons (Fsp3) is 0.312. The number of hydrogen-bond donors (Lipinski definition) is 4. The van der Waals surface area contributed by atoms with Gasteiger partial charge >= 0.3 is 6.03 Å². The van der Waals surface area contributed by atoms with Crippen LogP contribution in [0.4, 0.5) is 16.2 Å². The predicted octanol–water partition coefficient (Wildman–Crippen LogP) is 0.852. The van der Waals surface area contributed by atoms with Gasteiger partial charge in [0.05, 0.1) is 12.1 Å². The summed E-state index contributed by atoms with van der Waals surface area (Å²) in [6.07, 6.45) is 3.74. The van der Waals surface area contributed by atoms with E-state index in [1.807, 2.05) is 13.2 Å². The molecule has 1 aliphatic rings. The van der Waals surface area contributed by atoms with Crippen LogP contribution in [0, 0.1) is 5.92 Å². The standard InChI is InChI=1S/C16H20N6O2/c1-22-9-10(6-19-22)13-7-18-8-14(13)15(23)20-11-3-2-4-12(5-11)21-16(17)24/h2-6,9,13-14,18H,7-8H2,1H3,(H,20,23)(H3,17,21,24)/t13-,14+/m1/s1. The number of nitrogens with one attached hydrogen (secondary N) is 3. The molecule has 2 aromatic rings. The lowest BCUT2D eigenvalue weighted by atomic mass is 9.90. The van der Waals surface area contributed by atoms with Crippen LogP contribution < -0.4 is 21.7 Å². The molecule has 126 valence electrons. The van der Waals surface area contributed by atoms with Crippen LogP contribution in [-0.2, 0) is 11.8 Å². The van der Waals surface area contributed by atoms with Crippen LogP contribution in [0.3, 0.4) is 0 Å². The topological polar surface area (TPSA) is 114 Å². The van der Waals surface area contributed by atoms with E-state index in [-0.39, 0.29) is 17.7 Å². The molecule has 0 radical (unpaired) electrons. The van der Waals surface area contributed by atoms with E-state index in [0.29, 0.717) is 17.9 Å². The summed E-state index contributed by atoms with van der Waals surface area (Å²) in [6.45, 7) is 1.36. The van der Waals surface area contributed by atoms with E-state index in [4.69, 9.17) is 5.73 Å². The highest BCUT2D eigenvalue weighted by Gasteiger charge is 2.34. The van der Waals surface area contributed by atoms with Crippen molar-refractivity contribution in [1.82, 2.24) is 15.1 Å². The molecule has 2 heterocycles. The molecule has 8 nitrogen and oxygen atoms in total. The molecule has 0 bridgehead atoms. The Labute approximate surface area is 139 Å². The van der Waals surface area contributed by atoms with E-state index in [0.717, 1.165) is 12.1 Å². The SMILES string of the molecule is Cn1cc([C@H]2CNC[C@@H]2C(=O)Nc2cccc(NC(N)=O)c2)cn1. The number of urea groups is 1. The van der Waals surface area contributed by atoms with Crippen LogP contribution in [0.2, 0.25) is 0 Å². The van der Waals surface area contributed by atoms with Gasteiger partial charge in [0.15, 0.2) is 0 Å². The van der Waals surface area contributed by atoms with Crippen molar-refractivity contribution < 1.29 is 9.59 Å². The largest absolute Gasteiger partial charge is 0.351 e. The Balaban J connectivity index is 1.71. The van der Waals surface area contributed by atoms with E-state index >= 15 is 0 Å². The Bertz CT molecular complexity index is 757. The molecule has 24 heavy (non-hydrogen) atoms. The molecular weight excluding hydrogens is 308 g/mol. The summed E-state index contributed by atoms with van der Waals surface area (Å²) in [5.41, 5.74) is 7.30. The molecule has 3 rings (SSSR count). The maximum absolute atomic E-state index is 12.6. The molecule has 1 saturated heterocycles. The van der Waals surface area contributed by atoms with Gasteiger partial charge in [0.25, 0.3) is 0 Å². The van der Waals surface area contributed by atoms with E-state index < -0.39 is 6.03 Å². The predicted molar refractivity (Wildman–Crippen MR) is 90.6 cm³/mol. The third kappa shape index (κ3) is 3.54. The van der Waals surface area contributed by atoms with E-state index in [9.17, 15) is 9.59 Å². The van der Waals surface area contributed by atoms with Gasteiger partial charge in [-0.1, -0.05) is 6.07 Å². The summed E-state index contributed by atoms with van der Waals surface area (Å²) in [6, 6.07) is 6.24. The number of carbonyl (C=O) groups is 2. The van der Waals surface area contributed by atoms with Gasteiger partial charge in [-0.05, 0) is 23.8 Å². The lowest BCUT2D eigenvalue weighted by molar-refractivity contribution is -0.119. The van der Waals surface area contributed by atoms with Gasteiger partial charge < -0.3 is 21.7 Å². The fourth-order valence-corrected chi connectivity index (χ4v) is 2.99. The summed E-state index contributed by atoms with van der Waals surface area (Å²) < 4.78 is 1.74. The minimum atomic E-state index is -0.643. The highest BCUT2D eigenvalue weighted by atomic mass is 16.2. The quantitative estimate of drug-likeness (QED) is 0.666. The molecular formula is C16H20N6O2. The maximum atomic E-state index is 12.6. The van der Waals surface area contributed by atoms with Crippen molar-refractivity contribution in [1.29, 1.82) is 0 Å². The van der Waals surface area contributed by atoms with Crippen molar-refractivity contribution >= 4 is 23.3 Å². The summed E-state index contributed by atoms with van der Waals surface area (Å²) in [5.74, 6) is -0.155. The lowest BCUT2D eigenvalue weighted by Crippen LogP contribution is -2.28. The van der Waals surface area contributed by atoms with Crippen molar-refractivity contribution in [2.75, 3.05) is 23.7 Å². The van der Waals surface area contributed by atoms with E-state index in [1.165, 1.54) is 0 Å². The Morgan fingerprint density at radius 2 is 2.04 bits per heavy atom. The number of benzene rings is 1.